The molecule has 2 rings (SSSR count). The summed E-state index contributed by atoms with van der Waals surface area (Å²) in [7, 11) is 1.39. The lowest BCUT2D eigenvalue weighted by Gasteiger charge is -2.24. The molecule has 0 N–H and O–H groups in total. The Kier molecular flexibility index (Phi) is 2.04. The van der Waals surface area contributed by atoms with Crippen molar-refractivity contribution in [2.24, 2.45) is 0 Å². The Labute approximate surface area is 77.1 Å². The van der Waals surface area contributed by atoms with E-state index in [9.17, 15) is 4.79 Å². The van der Waals surface area contributed by atoms with Gasteiger partial charge in [0.1, 0.15) is 5.60 Å². The highest BCUT2D eigenvalue weighted by molar-refractivity contribution is 5.79. The molecule has 2 aliphatic heterocycles. The molecule has 1 spiro atoms. The molecule has 4 heteroatoms. The molecule has 2 saturated heterocycles. The lowest BCUT2D eigenvalue weighted by Crippen LogP contribution is -2.33. The van der Waals surface area contributed by atoms with Crippen molar-refractivity contribution >= 4 is 5.97 Å². The summed E-state index contributed by atoms with van der Waals surface area (Å²) in [4.78, 5) is 11.2. The second-order valence-corrected chi connectivity index (χ2v) is 3.72. The van der Waals surface area contributed by atoms with Crippen LogP contribution in [0.25, 0.3) is 0 Å². The highest BCUT2D eigenvalue weighted by atomic mass is 16.7. The van der Waals surface area contributed by atoms with Crippen molar-refractivity contribution < 1.29 is 19.0 Å². The summed E-state index contributed by atoms with van der Waals surface area (Å²) in [5.74, 6) is -0.255. The molecule has 3 atom stereocenters. The Morgan fingerprint density at radius 2 is 2.38 bits per heavy atom. The maximum atomic E-state index is 11.2. The van der Waals surface area contributed by atoms with Gasteiger partial charge in [0.2, 0.25) is 0 Å². The Morgan fingerprint density at radius 3 is 3.00 bits per heavy atom. The molecule has 0 radical (unpaired) electrons. The first kappa shape index (κ1) is 8.97. The van der Waals surface area contributed by atoms with E-state index in [1.165, 1.54) is 7.11 Å². The van der Waals surface area contributed by atoms with Gasteiger partial charge < -0.3 is 14.2 Å². The molecular weight excluding hydrogens is 172 g/mol. The minimum Gasteiger partial charge on any atom is -0.467 e. The van der Waals surface area contributed by atoms with Crippen LogP contribution in [0.3, 0.4) is 0 Å². The Hall–Kier alpha value is -0.610. The van der Waals surface area contributed by atoms with Crippen LogP contribution in [-0.2, 0) is 19.0 Å². The van der Waals surface area contributed by atoms with E-state index in [0.29, 0.717) is 6.61 Å². The lowest BCUT2D eigenvalue weighted by molar-refractivity contribution is -0.142. The summed E-state index contributed by atoms with van der Waals surface area (Å²) < 4.78 is 15.4. The van der Waals surface area contributed by atoms with Crippen molar-refractivity contribution in [3.8, 4) is 0 Å². The Bertz CT molecular complexity index is 228. The van der Waals surface area contributed by atoms with E-state index < -0.39 is 0 Å². The number of esters is 1. The third-order valence-corrected chi connectivity index (χ3v) is 2.75. The minimum absolute atomic E-state index is 0.184. The number of methoxy groups -OCH3 is 1. The second-order valence-electron chi connectivity index (χ2n) is 3.72. The predicted molar refractivity (Wildman–Crippen MR) is 44.3 cm³/mol. The van der Waals surface area contributed by atoms with Crippen molar-refractivity contribution in [2.45, 2.75) is 37.6 Å². The summed E-state index contributed by atoms with van der Waals surface area (Å²) in [5, 5.41) is 0. The summed E-state index contributed by atoms with van der Waals surface area (Å²) >= 11 is 0. The largest absolute Gasteiger partial charge is 0.467 e. The van der Waals surface area contributed by atoms with Crippen molar-refractivity contribution in [3.63, 3.8) is 0 Å². The molecular formula is C9H14O4. The summed E-state index contributed by atoms with van der Waals surface area (Å²) in [5.41, 5.74) is -0.259. The fourth-order valence-electron chi connectivity index (χ4n) is 2.00. The van der Waals surface area contributed by atoms with Gasteiger partial charge in [-0.1, -0.05) is 0 Å². The fraction of sp³-hybridized carbons (Fsp3) is 0.889. The van der Waals surface area contributed by atoms with Crippen molar-refractivity contribution in [1.29, 1.82) is 0 Å². The fourth-order valence-corrected chi connectivity index (χ4v) is 2.00. The standard InChI is InChI=1S/C9H14O4/c1-6-5-9(3-4-12-6)7(13-9)8(10)11-2/h6-7H,3-5H2,1-2H3. The lowest BCUT2D eigenvalue weighted by atomic mass is 9.92. The molecule has 13 heavy (non-hydrogen) atoms. The van der Waals surface area contributed by atoms with E-state index in [1.54, 1.807) is 0 Å². The van der Waals surface area contributed by atoms with Gasteiger partial charge >= 0.3 is 5.97 Å². The molecule has 0 aromatic rings. The zero-order chi connectivity index (χ0) is 9.47. The maximum Gasteiger partial charge on any atom is 0.338 e. The molecule has 0 bridgehead atoms. The van der Waals surface area contributed by atoms with E-state index in [1.807, 2.05) is 6.92 Å². The number of ether oxygens (including phenoxy) is 3. The number of hydrogen-bond donors (Lipinski definition) is 0. The SMILES string of the molecule is COC(=O)C1OC12CCOC(C)C2. The average Bonchev–Trinajstić information content (AvgIpc) is 2.78. The molecule has 0 aromatic heterocycles. The zero-order valence-electron chi connectivity index (χ0n) is 7.91. The molecule has 2 fully saturated rings. The molecule has 3 unspecified atom stereocenters. The van der Waals surface area contributed by atoms with Crippen LogP contribution in [0.1, 0.15) is 19.8 Å². The molecule has 0 amide bonds. The van der Waals surface area contributed by atoms with Gasteiger partial charge in [-0.05, 0) is 6.92 Å². The van der Waals surface area contributed by atoms with Crippen LogP contribution in [-0.4, -0.2) is 37.5 Å². The molecule has 0 aliphatic carbocycles. The smallest absolute Gasteiger partial charge is 0.338 e. The Balaban J connectivity index is 1.97. The number of rotatable bonds is 1. The predicted octanol–water partition coefficient (Wildman–Crippen LogP) is 0.496. The summed E-state index contributed by atoms with van der Waals surface area (Å²) in [6.45, 7) is 2.67. The quantitative estimate of drug-likeness (QED) is 0.442. The molecule has 2 aliphatic rings. The first-order valence-corrected chi connectivity index (χ1v) is 4.55. The molecule has 2 heterocycles. The van der Waals surface area contributed by atoms with Crippen molar-refractivity contribution in [1.82, 2.24) is 0 Å². The van der Waals surface area contributed by atoms with Crippen LogP contribution in [0.5, 0.6) is 0 Å². The van der Waals surface area contributed by atoms with Crippen LogP contribution in [0.4, 0.5) is 0 Å². The number of epoxide rings is 1. The van der Waals surface area contributed by atoms with Gasteiger partial charge in [0.25, 0.3) is 0 Å². The highest BCUT2D eigenvalue weighted by Gasteiger charge is 2.62. The number of hydrogen-bond acceptors (Lipinski definition) is 4. The zero-order valence-corrected chi connectivity index (χ0v) is 7.91. The minimum atomic E-state index is -0.344. The van der Waals surface area contributed by atoms with E-state index in [4.69, 9.17) is 9.47 Å². The third kappa shape index (κ3) is 1.44. The highest BCUT2D eigenvalue weighted by Crippen LogP contribution is 2.46. The van der Waals surface area contributed by atoms with Gasteiger partial charge in [-0.15, -0.1) is 0 Å². The normalized spacial score (nSPS) is 43.2. The first-order chi connectivity index (χ1) is 6.18. The molecule has 4 nitrogen and oxygen atoms in total. The molecule has 0 aromatic carbocycles. The molecule has 0 saturated carbocycles. The van der Waals surface area contributed by atoms with Crippen LogP contribution >= 0.6 is 0 Å². The average molecular weight is 186 g/mol. The van der Waals surface area contributed by atoms with Crippen LogP contribution in [0, 0.1) is 0 Å². The van der Waals surface area contributed by atoms with Gasteiger partial charge in [0.05, 0.1) is 13.2 Å². The van der Waals surface area contributed by atoms with E-state index in [-0.39, 0.29) is 23.8 Å². The van der Waals surface area contributed by atoms with Gasteiger partial charge in [0, 0.05) is 19.4 Å². The number of carbonyl (C=O) groups is 1. The summed E-state index contributed by atoms with van der Waals surface area (Å²) in [6.07, 6.45) is 1.44. The topological polar surface area (TPSA) is 48.1 Å². The maximum absolute atomic E-state index is 11.2. The van der Waals surface area contributed by atoms with E-state index in [2.05, 4.69) is 4.74 Å². The summed E-state index contributed by atoms with van der Waals surface area (Å²) in [6, 6.07) is 0. The van der Waals surface area contributed by atoms with Crippen LogP contribution < -0.4 is 0 Å². The van der Waals surface area contributed by atoms with E-state index >= 15 is 0 Å². The van der Waals surface area contributed by atoms with Gasteiger partial charge in [0.15, 0.2) is 6.10 Å². The Morgan fingerprint density at radius 1 is 1.62 bits per heavy atom. The monoisotopic (exact) mass is 186 g/mol. The second kappa shape index (κ2) is 2.96. The van der Waals surface area contributed by atoms with Gasteiger partial charge in [-0.25, -0.2) is 4.79 Å². The third-order valence-electron chi connectivity index (χ3n) is 2.75. The van der Waals surface area contributed by atoms with Gasteiger partial charge in [-0.3, -0.25) is 0 Å². The van der Waals surface area contributed by atoms with E-state index in [0.717, 1.165) is 12.8 Å². The first-order valence-electron chi connectivity index (χ1n) is 4.55. The van der Waals surface area contributed by atoms with Crippen molar-refractivity contribution in [3.05, 3.63) is 0 Å². The van der Waals surface area contributed by atoms with Crippen molar-refractivity contribution in [2.75, 3.05) is 13.7 Å². The molecule has 74 valence electrons. The van der Waals surface area contributed by atoms with Crippen LogP contribution in [0.15, 0.2) is 0 Å². The number of carbonyl (C=O) groups excluding carboxylic acids is 1. The van der Waals surface area contributed by atoms with Gasteiger partial charge in [-0.2, -0.15) is 0 Å². The van der Waals surface area contributed by atoms with Crippen LogP contribution in [0.2, 0.25) is 0 Å².